The Kier molecular flexibility index (Phi) is 4.76. The Labute approximate surface area is 134 Å². The van der Waals surface area contributed by atoms with E-state index in [0.29, 0.717) is 6.04 Å². The summed E-state index contributed by atoms with van der Waals surface area (Å²) in [6.07, 6.45) is 4.47. The smallest absolute Gasteiger partial charge is 0.137 e. The van der Waals surface area contributed by atoms with Crippen LogP contribution >= 0.6 is 15.9 Å². The number of aryl methyl sites for hydroxylation is 1. The molecule has 112 valence electrons. The van der Waals surface area contributed by atoms with Crippen molar-refractivity contribution in [2.75, 3.05) is 6.54 Å². The van der Waals surface area contributed by atoms with E-state index in [2.05, 4.69) is 63.2 Å². The predicted molar refractivity (Wildman–Crippen MR) is 87.0 cm³/mol. The lowest BCUT2D eigenvalue weighted by Gasteiger charge is -2.23. The van der Waals surface area contributed by atoms with Crippen LogP contribution in [-0.2, 0) is 13.0 Å². The summed E-state index contributed by atoms with van der Waals surface area (Å²) >= 11 is 3.64. The molecular formula is C17H21BrN2O. The van der Waals surface area contributed by atoms with Gasteiger partial charge in [-0.15, -0.1) is 0 Å². The Morgan fingerprint density at radius 2 is 2.24 bits per heavy atom. The zero-order valence-electron chi connectivity index (χ0n) is 12.4. The molecule has 0 bridgehead atoms. The summed E-state index contributed by atoms with van der Waals surface area (Å²) in [6, 6.07) is 11.0. The molecule has 0 aliphatic carbocycles. The molecule has 0 amide bonds. The van der Waals surface area contributed by atoms with Gasteiger partial charge in [-0.05, 0) is 37.4 Å². The number of rotatable bonds is 5. The van der Waals surface area contributed by atoms with Crippen molar-refractivity contribution in [1.29, 1.82) is 0 Å². The fraction of sp³-hybridized carbons (Fsp3) is 0.471. The lowest BCUT2D eigenvalue weighted by atomic mass is 10.1. The lowest BCUT2D eigenvalue weighted by Crippen LogP contribution is -2.23. The van der Waals surface area contributed by atoms with Gasteiger partial charge in [-0.3, -0.25) is 4.90 Å². The first-order chi connectivity index (χ1) is 10.3. The highest BCUT2D eigenvalue weighted by molar-refractivity contribution is 9.10. The number of hydrogen-bond donors (Lipinski definition) is 0. The molecule has 0 saturated carbocycles. The first kappa shape index (κ1) is 14.8. The molecule has 2 heterocycles. The molecule has 1 fully saturated rings. The molecule has 3 rings (SSSR count). The second kappa shape index (κ2) is 6.75. The number of likely N-dealkylation sites (tertiary alicyclic amines) is 1. The minimum atomic E-state index is 0.395. The topological polar surface area (TPSA) is 29.3 Å². The minimum absolute atomic E-state index is 0.395. The fourth-order valence-corrected chi connectivity index (χ4v) is 3.46. The van der Waals surface area contributed by atoms with Crippen LogP contribution < -0.4 is 0 Å². The maximum Gasteiger partial charge on any atom is 0.137 e. The van der Waals surface area contributed by atoms with Gasteiger partial charge in [-0.2, -0.15) is 0 Å². The van der Waals surface area contributed by atoms with Gasteiger partial charge in [0, 0.05) is 23.5 Å². The summed E-state index contributed by atoms with van der Waals surface area (Å²) in [4.78, 5) is 2.51. The summed E-state index contributed by atoms with van der Waals surface area (Å²) in [5.74, 6) is 1.01. The maximum atomic E-state index is 5.45. The van der Waals surface area contributed by atoms with Crippen LogP contribution in [0.1, 0.15) is 49.2 Å². The Hall–Kier alpha value is -1.13. The molecule has 1 saturated heterocycles. The van der Waals surface area contributed by atoms with E-state index in [1.54, 1.807) is 0 Å². The molecule has 0 spiro atoms. The van der Waals surface area contributed by atoms with Crippen molar-refractivity contribution in [3.8, 4) is 0 Å². The molecule has 0 unspecified atom stereocenters. The van der Waals surface area contributed by atoms with Gasteiger partial charge in [0.25, 0.3) is 0 Å². The third kappa shape index (κ3) is 3.38. The van der Waals surface area contributed by atoms with Crippen molar-refractivity contribution in [1.82, 2.24) is 10.1 Å². The average Bonchev–Trinajstić information content (AvgIpc) is 3.11. The van der Waals surface area contributed by atoms with E-state index in [9.17, 15) is 0 Å². The van der Waals surface area contributed by atoms with E-state index in [0.717, 1.165) is 37.4 Å². The van der Waals surface area contributed by atoms with Gasteiger partial charge in [0.05, 0.1) is 6.04 Å². The van der Waals surface area contributed by atoms with Crippen LogP contribution in [0.15, 0.2) is 39.3 Å². The molecule has 0 radical (unpaired) electrons. The summed E-state index contributed by atoms with van der Waals surface area (Å²) < 4.78 is 6.64. The zero-order valence-corrected chi connectivity index (χ0v) is 14.0. The first-order valence-corrected chi connectivity index (χ1v) is 8.50. The summed E-state index contributed by atoms with van der Waals surface area (Å²) in [5, 5.41) is 4.30. The lowest BCUT2D eigenvalue weighted by molar-refractivity contribution is 0.236. The number of benzene rings is 1. The van der Waals surface area contributed by atoms with Crippen molar-refractivity contribution in [2.45, 2.75) is 45.2 Å². The SMILES string of the molecule is CCCc1cc([C@H]2CCCN2Cc2ccccc2Br)no1. The van der Waals surface area contributed by atoms with Crippen molar-refractivity contribution >= 4 is 15.9 Å². The Morgan fingerprint density at radius 3 is 3.05 bits per heavy atom. The molecule has 1 aromatic heterocycles. The van der Waals surface area contributed by atoms with Crippen LogP contribution in [0.5, 0.6) is 0 Å². The predicted octanol–water partition coefficient (Wildman–Crippen LogP) is 4.73. The Morgan fingerprint density at radius 1 is 1.38 bits per heavy atom. The van der Waals surface area contributed by atoms with Crippen molar-refractivity contribution in [3.05, 3.63) is 51.8 Å². The number of nitrogens with zero attached hydrogens (tertiary/aromatic N) is 2. The van der Waals surface area contributed by atoms with Gasteiger partial charge < -0.3 is 4.52 Å². The Bertz CT molecular complexity index is 596. The van der Waals surface area contributed by atoms with Gasteiger partial charge >= 0.3 is 0 Å². The van der Waals surface area contributed by atoms with Crippen LogP contribution in [-0.4, -0.2) is 16.6 Å². The summed E-state index contributed by atoms with van der Waals surface area (Å²) in [6.45, 7) is 4.25. The van der Waals surface area contributed by atoms with Gasteiger partial charge in [0.15, 0.2) is 0 Å². The molecule has 21 heavy (non-hydrogen) atoms. The number of aromatic nitrogens is 1. The fourth-order valence-electron chi connectivity index (χ4n) is 3.05. The van der Waals surface area contributed by atoms with Gasteiger partial charge in [0.2, 0.25) is 0 Å². The van der Waals surface area contributed by atoms with Crippen molar-refractivity contribution in [2.24, 2.45) is 0 Å². The summed E-state index contributed by atoms with van der Waals surface area (Å²) in [5.41, 5.74) is 2.43. The third-order valence-corrected chi connectivity index (χ3v) is 4.88. The van der Waals surface area contributed by atoms with Crippen LogP contribution in [0.25, 0.3) is 0 Å². The van der Waals surface area contributed by atoms with Crippen molar-refractivity contribution < 1.29 is 4.52 Å². The van der Waals surface area contributed by atoms with Gasteiger partial charge in [-0.1, -0.05) is 46.2 Å². The van der Waals surface area contributed by atoms with Crippen LogP contribution in [0, 0.1) is 0 Å². The van der Waals surface area contributed by atoms with Crippen LogP contribution in [0.3, 0.4) is 0 Å². The molecule has 2 aromatic rings. The highest BCUT2D eigenvalue weighted by Gasteiger charge is 2.28. The van der Waals surface area contributed by atoms with E-state index in [4.69, 9.17) is 4.52 Å². The highest BCUT2D eigenvalue weighted by Crippen LogP contribution is 2.34. The van der Waals surface area contributed by atoms with E-state index < -0.39 is 0 Å². The quantitative estimate of drug-likeness (QED) is 0.782. The number of halogens is 1. The molecule has 1 atom stereocenters. The molecule has 1 aromatic carbocycles. The Balaban J connectivity index is 1.74. The van der Waals surface area contributed by atoms with E-state index >= 15 is 0 Å². The van der Waals surface area contributed by atoms with E-state index in [-0.39, 0.29) is 0 Å². The monoisotopic (exact) mass is 348 g/mol. The highest BCUT2D eigenvalue weighted by atomic mass is 79.9. The molecule has 0 N–H and O–H groups in total. The normalized spacial score (nSPS) is 19.2. The van der Waals surface area contributed by atoms with Gasteiger partial charge in [-0.25, -0.2) is 0 Å². The first-order valence-electron chi connectivity index (χ1n) is 7.71. The summed E-state index contributed by atoms with van der Waals surface area (Å²) in [7, 11) is 0. The standard InChI is InChI=1S/C17H21BrN2O/c1-2-6-14-11-16(19-21-14)17-9-5-10-20(17)12-13-7-3-4-8-15(13)18/h3-4,7-8,11,17H,2,5-6,9-10,12H2,1H3/t17-/m1/s1. The second-order valence-electron chi connectivity index (χ2n) is 5.69. The molecule has 4 heteroatoms. The maximum absolute atomic E-state index is 5.45. The van der Waals surface area contributed by atoms with Gasteiger partial charge in [0.1, 0.15) is 11.5 Å². The van der Waals surface area contributed by atoms with Crippen molar-refractivity contribution in [3.63, 3.8) is 0 Å². The third-order valence-electron chi connectivity index (χ3n) is 4.11. The molecular weight excluding hydrogens is 328 g/mol. The molecule has 1 aliphatic rings. The van der Waals surface area contributed by atoms with E-state index in [1.165, 1.54) is 22.9 Å². The largest absolute Gasteiger partial charge is 0.361 e. The average molecular weight is 349 g/mol. The van der Waals surface area contributed by atoms with Crippen LogP contribution in [0.2, 0.25) is 0 Å². The molecule has 3 nitrogen and oxygen atoms in total. The number of hydrogen-bond acceptors (Lipinski definition) is 3. The second-order valence-corrected chi connectivity index (χ2v) is 6.54. The van der Waals surface area contributed by atoms with Crippen LogP contribution in [0.4, 0.5) is 0 Å². The molecule has 1 aliphatic heterocycles. The zero-order chi connectivity index (χ0) is 14.7. The minimum Gasteiger partial charge on any atom is -0.361 e. The van der Waals surface area contributed by atoms with E-state index in [1.807, 2.05) is 0 Å².